The number of methoxy groups -OCH3 is 1. The third-order valence-electron chi connectivity index (χ3n) is 3.92. The van der Waals surface area contributed by atoms with Crippen molar-refractivity contribution in [2.24, 2.45) is 0 Å². The van der Waals surface area contributed by atoms with Crippen LogP contribution in [-0.4, -0.2) is 30.7 Å². The second-order valence-electron chi connectivity index (χ2n) is 5.88. The van der Waals surface area contributed by atoms with E-state index in [4.69, 9.17) is 14.6 Å². The SMILES string of the molecule is CCc1ccc(NC(=O)/C(C#N)=C/c2cc(OC)c(OCC(=O)O)cc2Br)cc1. The number of aryl methyl sites for hydroxylation is 1. The number of rotatable bonds is 8. The lowest BCUT2D eigenvalue weighted by molar-refractivity contribution is -0.139. The molecule has 0 aliphatic carbocycles. The van der Waals surface area contributed by atoms with Crippen molar-refractivity contribution < 1.29 is 24.2 Å². The average Bonchev–Trinajstić information content (AvgIpc) is 2.71. The number of carboxylic acids is 1. The Morgan fingerprint density at radius 1 is 1.24 bits per heavy atom. The van der Waals surface area contributed by atoms with E-state index >= 15 is 0 Å². The molecule has 0 atom stereocenters. The number of ether oxygens (including phenoxy) is 2. The zero-order chi connectivity index (χ0) is 21.4. The van der Waals surface area contributed by atoms with Crippen LogP contribution in [0.5, 0.6) is 11.5 Å². The monoisotopic (exact) mass is 458 g/mol. The maximum absolute atomic E-state index is 12.5. The van der Waals surface area contributed by atoms with Crippen LogP contribution in [0.15, 0.2) is 46.4 Å². The normalized spacial score (nSPS) is 10.8. The van der Waals surface area contributed by atoms with Crippen molar-refractivity contribution in [3.8, 4) is 17.6 Å². The van der Waals surface area contributed by atoms with Gasteiger partial charge in [-0.2, -0.15) is 5.26 Å². The summed E-state index contributed by atoms with van der Waals surface area (Å²) < 4.78 is 10.9. The predicted octanol–water partition coefficient (Wildman–Crippen LogP) is 4.03. The summed E-state index contributed by atoms with van der Waals surface area (Å²) in [5, 5.41) is 20.9. The molecule has 2 N–H and O–H groups in total. The zero-order valence-corrected chi connectivity index (χ0v) is 17.4. The molecule has 0 fully saturated rings. The Bertz CT molecular complexity index is 978. The van der Waals surface area contributed by atoms with Crippen LogP contribution in [0.3, 0.4) is 0 Å². The Morgan fingerprint density at radius 3 is 2.48 bits per heavy atom. The fraction of sp³-hybridized carbons (Fsp3) is 0.190. The molecular weight excluding hydrogens is 440 g/mol. The lowest BCUT2D eigenvalue weighted by atomic mass is 10.1. The van der Waals surface area contributed by atoms with Crippen molar-refractivity contribution in [2.75, 3.05) is 19.0 Å². The van der Waals surface area contributed by atoms with E-state index < -0.39 is 18.5 Å². The molecule has 0 aromatic heterocycles. The van der Waals surface area contributed by atoms with Crippen LogP contribution in [0.25, 0.3) is 6.08 Å². The van der Waals surface area contributed by atoms with Gasteiger partial charge in [-0.05, 0) is 47.9 Å². The first kappa shape index (κ1) is 22.0. The number of carboxylic acid groups (broad SMARTS) is 1. The average molecular weight is 459 g/mol. The minimum absolute atomic E-state index is 0.105. The van der Waals surface area contributed by atoms with Gasteiger partial charge >= 0.3 is 5.97 Å². The Kier molecular flexibility index (Phi) is 7.80. The summed E-state index contributed by atoms with van der Waals surface area (Å²) >= 11 is 3.34. The fourth-order valence-corrected chi connectivity index (χ4v) is 2.84. The molecular formula is C21H19BrN2O5. The first-order valence-electron chi connectivity index (χ1n) is 8.62. The van der Waals surface area contributed by atoms with E-state index in [1.54, 1.807) is 18.2 Å². The number of halogens is 1. The third-order valence-corrected chi connectivity index (χ3v) is 4.61. The molecule has 0 saturated carbocycles. The molecule has 0 radical (unpaired) electrons. The highest BCUT2D eigenvalue weighted by molar-refractivity contribution is 9.10. The number of aliphatic carboxylic acids is 1. The molecule has 0 saturated heterocycles. The van der Waals surface area contributed by atoms with Gasteiger partial charge in [0, 0.05) is 10.2 Å². The van der Waals surface area contributed by atoms with Crippen molar-refractivity contribution >= 4 is 39.6 Å². The smallest absolute Gasteiger partial charge is 0.341 e. The van der Waals surface area contributed by atoms with E-state index in [9.17, 15) is 14.9 Å². The molecule has 8 heteroatoms. The molecule has 2 rings (SSSR count). The lowest BCUT2D eigenvalue weighted by Crippen LogP contribution is -2.13. The van der Waals surface area contributed by atoms with Crippen molar-refractivity contribution in [1.29, 1.82) is 5.26 Å². The largest absolute Gasteiger partial charge is 0.493 e. The highest BCUT2D eigenvalue weighted by Crippen LogP contribution is 2.34. The number of benzene rings is 2. The summed E-state index contributed by atoms with van der Waals surface area (Å²) in [4.78, 5) is 23.2. The van der Waals surface area contributed by atoms with E-state index in [-0.39, 0.29) is 17.1 Å². The Labute approximate surface area is 176 Å². The van der Waals surface area contributed by atoms with Crippen LogP contribution >= 0.6 is 15.9 Å². The van der Waals surface area contributed by atoms with Crippen molar-refractivity contribution in [2.45, 2.75) is 13.3 Å². The first-order chi connectivity index (χ1) is 13.9. The molecule has 29 heavy (non-hydrogen) atoms. The zero-order valence-electron chi connectivity index (χ0n) is 15.9. The molecule has 2 aromatic rings. The van der Waals surface area contributed by atoms with Crippen molar-refractivity contribution in [3.63, 3.8) is 0 Å². The lowest BCUT2D eigenvalue weighted by Gasteiger charge is -2.12. The number of nitrogens with one attached hydrogen (secondary N) is 1. The molecule has 0 aliphatic rings. The Balaban J connectivity index is 2.27. The molecule has 7 nitrogen and oxygen atoms in total. The Hall–Kier alpha value is -3.31. The number of nitriles is 1. The molecule has 0 unspecified atom stereocenters. The standard InChI is InChI=1S/C21H19BrN2O5/c1-3-13-4-6-16(7-5-13)24-21(27)15(11-23)8-14-9-18(28-2)19(10-17(14)22)29-12-20(25)26/h4-10H,3,12H2,1-2H3,(H,24,27)(H,25,26)/b15-8+. The number of hydrogen-bond donors (Lipinski definition) is 2. The topological polar surface area (TPSA) is 109 Å². The van der Waals surface area contributed by atoms with Crippen LogP contribution in [0.2, 0.25) is 0 Å². The number of hydrogen-bond acceptors (Lipinski definition) is 5. The van der Waals surface area contributed by atoms with Crippen molar-refractivity contribution in [1.82, 2.24) is 0 Å². The van der Waals surface area contributed by atoms with Gasteiger partial charge in [-0.1, -0.05) is 35.0 Å². The van der Waals surface area contributed by atoms with E-state index in [1.807, 2.05) is 25.1 Å². The van der Waals surface area contributed by atoms with Gasteiger partial charge in [-0.15, -0.1) is 0 Å². The maximum Gasteiger partial charge on any atom is 0.341 e. The van der Waals surface area contributed by atoms with E-state index in [1.165, 1.54) is 19.3 Å². The van der Waals surface area contributed by atoms with Crippen LogP contribution in [0.4, 0.5) is 5.69 Å². The van der Waals surface area contributed by atoms with Crippen LogP contribution in [-0.2, 0) is 16.0 Å². The number of carbonyl (C=O) groups excluding carboxylic acids is 1. The Morgan fingerprint density at radius 2 is 1.93 bits per heavy atom. The minimum Gasteiger partial charge on any atom is -0.493 e. The molecule has 0 spiro atoms. The first-order valence-corrected chi connectivity index (χ1v) is 9.41. The number of carbonyl (C=O) groups is 2. The second-order valence-corrected chi connectivity index (χ2v) is 6.74. The van der Waals surface area contributed by atoms with E-state index in [2.05, 4.69) is 21.2 Å². The van der Waals surface area contributed by atoms with Gasteiger partial charge in [0.1, 0.15) is 11.6 Å². The number of anilines is 1. The third kappa shape index (κ3) is 6.09. The van der Waals surface area contributed by atoms with Gasteiger partial charge in [0.15, 0.2) is 18.1 Å². The van der Waals surface area contributed by atoms with Gasteiger partial charge in [0.2, 0.25) is 0 Å². The van der Waals surface area contributed by atoms with Gasteiger partial charge in [-0.25, -0.2) is 4.79 Å². The molecule has 2 aromatic carbocycles. The highest BCUT2D eigenvalue weighted by atomic mass is 79.9. The second kappa shape index (κ2) is 10.3. The maximum atomic E-state index is 12.5. The number of nitrogens with zero attached hydrogens (tertiary/aromatic N) is 1. The van der Waals surface area contributed by atoms with Gasteiger partial charge in [-0.3, -0.25) is 4.79 Å². The highest BCUT2D eigenvalue weighted by Gasteiger charge is 2.14. The molecule has 0 aliphatic heterocycles. The van der Waals surface area contributed by atoms with Crippen LogP contribution in [0, 0.1) is 11.3 Å². The van der Waals surface area contributed by atoms with Crippen LogP contribution < -0.4 is 14.8 Å². The fourth-order valence-electron chi connectivity index (χ4n) is 2.40. The molecule has 0 heterocycles. The molecule has 1 amide bonds. The van der Waals surface area contributed by atoms with Crippen LogP contribution in [0.1, 0.15) is 18.1 Å². The quantitative estimate of drug-likeness (QED) is 0.456. The van der Waals surface area contributed by atoms with Gasteiger partial charge < -0.3 is 19.9 Å². The molecule has 0 bridgehead atoms. The summed E-state index contributed by atoms with van der Waals surface area (Å²) in [5.74, 6) is -1.18. The number of amides is 1. The van der Waals surface area contributed by atoms with E-state index in [0.717, 1.165) is 12.0 Å². The molecule has 150 valence electrons. The summed E-state index contributed by atoms with van der Waals surface area (Å²) in [5.41, 5.74) is 2.12. The predicted molar refractivity (Wildman–Crippen MR) is 112 cm³/mol. The summed E-state index contributed by atoms with van der Waals surface area (Å²) in [6, 6.07) is 12.3. The minimum atomic E-state index is -1.12. The summed E-state index contributed by atoms with van der Waals surface area (Å²) in [6.45, 7) is 1.51. The summed E-state index contributed by atoms with van der Waals surface area (Å²) in [7, 11) is 1.40. The van der Waals surface area contributed by atoms with Crippen molar-refractivity contribution in [3.05, 3.63) is 57.6 Å². The van der Waals surface area contributed by atoms with Gasteiger partial charge in [0.25, 0.3) is 5.91 Å². The van der Waals surface area contributed by atoms with Gasteiger partial charge in [0.05, 0.1) is 7.11 Å². The summed E-state index contributed by atoms with van der Waals surface area (Å²) in [6.07, 6.45) is 2.29. The van der Waals surface area contributed by atoms with E-state index in [0.29, 0.717) is 15.7 Å².